The average molecular weight is 350 g/mol. The minimum Gasteiger partial charge on any atom is -0.378 e. The molecule has 0 aliphatic carbocycles. The first-order chi connectivity index (χ1) is 12.8. The van der Waals surface area contributed by atoms with E-state index in [1.54, 1.807) is 0 Å². The first-order valence-corrected chi connectivity index (χ1v) is 9.27. The van der Waals surface area contributed by atoms with Gasteiger partial charge in [0.05, 0.1) is 13.2 Å². The zero-order valence-electron chi connectivity index (χ0n) is 15.3. The molecule has 0 bridgehead atoms. The van der Waals surface area contributed by atoms with E-state index in [0.29, 0.717) is 5.56 Å². The number of nitrogens with zero attached hydrogens (tertiary/aromatic N) is 1. The van der Waals surface area contributed by atoms with Crippen molar-refractivity contribution in [2.75, 3.05) is 36.5 Å². The number of allylic oxidation sites excluding steroid dienone is 1. The van der Waals surface area contributed by atoms with Crippen molar-refractivity contribution in [3.63, 3.8) is 0 Å². The fourth-order valence-electron chi connectivity index (χ4n) is 2.91. The van der Waals surface area contributed by atoms with E-state index in [-0.39, 0.29) is 5.91 Å². The molecule has 4 heteroatoms. The number of hydrogen-bond acceptors (Lipinski definition) is 3. The number of unbranched alkanes of at least 4 members (excludes halogenated alkanes) is 1. The second-order valence-electron chi connectivity index (χ2n) is 6.41. The van der Waals surface area contributed by atoms with Crippen LogP contribution in [0.3, 0.4) is 0 Å². The maximum atomic E-state index is 12.4. The van der Waals surface area contributed by atoms with Crippen molar-refractivity contribution < 1.29 is 9.53 Å². The molecule has 0 aromatic heterocycles. The van der Waals surface area contributed by atoms with Crippen LogP contribution in [-0.2, 0) is 4.74 Å². The van der Waals surface area contributed by atoms with E-state index in [1.807, 2.05) is 48.5 Å². The average Bonchev–Trinajstić information content (AvgIpc) is 2.70. The summed E-state index contributed by atoms with van der Waals surface area (Å²) in [5.41, 5.74) is 3.74. The minimum absolute atomic E-state index is 0.0896. The Balaban J connectivity index is 1.58. The van der Waals surface area contributed by atoms with Crippen LogP contribution in [0, 0.1) is 0 Å². The van der Waals surface area contributed by atoms with Crippen LogP contribution in [0.15, 0.2) is 54.6 Å². The van der Waals surface area contributed by atoms with Crippen LogP contribution in [-0.4, -0.2) is 32.2 Å². The van der Waals surface area contributed by atoms with Crippen molar-refractivity contribution in [2.45, 2.75) is 19.8 Å². The van der Waals surface area contributed by atoms with Crippen LogP contribution in [0.25, 0.3) is 6.08 Å². The summed E-state index contributed by atoms with van der Waals surface area (Å²) in [7, 11) is 0. The van der Waals surface area contributed by atoms with Crippen molar-refractivity contribution >= 4 is 23.4 Å². The summed E-state index contributed by atoms with van der Waals surface area (Å²) < 4.78 is 5.38. The Kier molecular flexibility index (Phi) is 6.45. The number of morpholine rings is 1. The van der Waals surface area contributed by atoms with Crippen LogP contribution in [0.4, 0.5) is 11.4 Å². The highest BCUT2D eigenvalue weighted by atomic mass is 16.5. The number of carbonyl (C=O) groups is 1. The van der Waals surface area contributed by atoms with Gasteiger partial charge >= 0.3 is 0 Å². The molecule has 0 atom stereocenters. The first-order valence-electron chi connectivity index (χ1n) is 9.27. The van der Waals surface area contributed by atoms with E-state index >= 15 is 0 Å². The summed E-state index contributed by atoms with van der Waals surface area (Å²) >= 11 is 0. The molecule has 2 aromatic rings. The highest BCUT2D eigenvalue weighted by Gasteiger charge is 2.11. The Labute approximate surface area is 155 Å². The largest absolute Gasteiger partial charge is 0.378 e. The molecule has 0 radical (unpaired) electrons. The van der Waals surface area contributed by atoms with Gasteiger partial charge in [-0.05, 0) is 48.4 Å². The number of nitrogens with one attached hydrogen (secondary N) is 1. The molecule has 0 saturated carbocycles. The number of rotatable bonds is 6. The van der Waals surface area contributed by atoms with Crippen LogP contribution in [0.1, 0.15) is 35.7 Å². The van der Waals surface area contributed by atoms with E-state index in [2.05, 4.69) is 29.3 Å². The first kappa shape index (κ1) is 18.2. The third kappa shape index (κ3) is 4.96. The molecular weight excluding hydrogens is 324 g/mol. The fourth-order valence-corrected chi connectivity index (χ4v) is 2.91. The summed E-state index contributed by atoms with van der Waals surface area (Å²) in [4.78, 5) is 14.7. The topological polar surface area (TPSA) is 41.6 Å². The van der Waals surface area contributed by atoms with E-state index in [0.717, 1.165) is 56.1 Å². The maximum absolute atomic E-state index is 12.4. The number of benzene rings is 2. The highest BCUT2D eigenvalue weighted by Crippen LogP contribution is 2.19. The lowest BCUT2D eigenvalue weighted by molar-refractivity contribution is 0.102. The Morgan fingerprint density at radius 2 is 1.77 bits per heavy atom. The highest BCUT2D eigenvalue weighted by molar-refractivity contribution is 6.04. The van der Waals surface area contributed by atoms with Crippen LogP contribution >= 0.6 is 0 Å². The molecule has 136 valence electrons. The Morgan fingerprint density at radius 3 is 2.42 bits per heavy atom. The lowest BCUT2D eigenvalue weighted by Crippen LogP contribution is -2.36. The van der Waals surface area contributed by atoms with Gasteiger partial charge in [0, 0.05) is 30.0 Å². The van der Waals surface area contributed by atoms with Gasteiger partial charge in [0.2, 0.25) is 0 Å². The molecule has 1 amide bonds. The summed E-state index contributed by atoms with van der Waals surface area (Å²) in [6.07, 6.45) is 6.46. The second-order valence-corrected chi connectivity index (χ2v) is 6.41. The molecule has 1 N–H and O–H groups in total. The van der Waals surface area contributed by atoms with Gasteiger partial charge in [-0.15, -0.1) is 0 Å². The van der Waals surface area contributed by atoms with Crippen molar-refractivity contribution in [3.05, 3.63) is 65.7 Å². The second kappa shape index (κ2) is 9.20. The summed E-state index contributed by atoms with van der Waals surface area (Å²) in [5.74, 6) is -0.0896. The standard InChI is InChI=1S/C22H26N2O2/c1-2-3-4-5-18-6-8-19(9-7-18)22(25)23-20-10-12-21(13-11-20)24-14-16-26-17-15-24/h4-13H,2-3,14-17H2,1H3,(H,23,25). The van der Waals surface area contributed by atoms with Gasteiger partial charge in [-0.25, -0.2) is 0 Å². The molecule has 3 rings (SSSR count). The Morgan fingerprint density at radius 1 is 1.08 bits per heavy atom. The fraction of sp³-hybridized carbons (Fsp3) is 0.318. The smallest absolute Gasteiger partial charge is 0.255 e. The summed E-state index contributed by atoms with van der Waals surface area (Å²) in [5, 5.41) is 2.96. The zero-order chi connectivity index (χ0) is 18.2. The number of ether oxygens (including phenoxy) is 1. The Bertz CT molecular complexity index is 730. The normalized spacial score (nSPS) is 14.6. The predicted octanol–water partition coefficient (Wildman–Crippen LogP) is 4.59. The maximum Gasteiger partial charge on any atom is 0.255 e. The molecule has 0 spiro atoms. The van der Waals surface area contributed by atoms with Gasteiger partial charge in [0.1, 0.15) is 0 Å². The molecule has 0 unspecified atom stereocenters. The van der Waals surface area contributed by atoms with Crippen molar-refractivity contribution in [3.8, 4) is 0 Å². The molecule has 4 nitrogen and oxygen atoms in total. The Hall–Kier alpha value is -2.59. The van der Waals surface area contributed by atoms with Crippen molar-refractivity contribution in [1.29, 1.82) is 0 Å². The van der Waals surface area contributed by atoms with Gasteiger partial charge in [-0.3, -0.25) is 4.79 Å². The quantitative estimate of drug-likeness (QED) is 0.828. The van der Waals surface area contributed by atoms with Crippen LogP contribution in [0.2, 0.25) is 0 Å². The summed E-state index contributed by atoms with van der Waals surface area (Å²) in [6, 6.07) is 15.7. The van der Waals surface area contributed by atoms with Gasteiger partial charge in [-0.2, -0.15) is 0 Å². The van der Waals surface area contributed by atoms with E-state index < -0.39 is 0 Å². The van der Waals surface area contributed by atoms with Gasteiger partial charge in [-0.1, -0.05) is 37.6 Å². The summed E-state index contributed by atoms with van der Waals surface area (Å²) in [6.45, 7) is 5.50. The van der Waals surface area contributed by atoms with Crippen molar-refractivity contribution in [2.24, 2.45) is 0 Å². The lowest BCUT2D eigenvalue weighted by atomic mass is 10.1. The number of hydrogen-bond donors (Lipinski definition) is 1. The van der Waals surface area contributed by atoms with E-state index in [9.17, 15) is 4.79 Å². The molecule has 1 aliphatic heterocycles. The van der Waals surface area contributed by atoms with E-state index in [1.165, 1.54) is 0 Å². The minimum atomic E-state index is -0.0896. The monoisotopic (exact) mass is 350 g/mol. The third-order valence-corrected chi connectivity index (χ3v) is 4.44. The van der Waals surface area contributed by atoms with Crippen LogP contribution < -0.4 is 10.2 Å². The van der Waals surface area contributed by atoms with Crippen LogP contribution in [0.5, 0.6) is 0 Å². The molecule has 1 aliphatic rings. The molecular formula is C22H26N2O2. The molecule has 1 heterocycles. The molecule has 1 fully saturated rings. The van der Waals surface area contributed by atoms with Gasteiger partial charge in [0.25, 0.3) is 5.91 Å². The number of anilines is 2. The van der Waals surface area contributed by atoms with Gasteiger partial charge in [0.15, 0.2) is 0 Å². The molecule has 1 saturated heterocycles. The zero-order valence-corrected chi connectivity index (χ0v) is 15.3. The lowest BCUT2D eigenvalue weighted by Gasteiger charge is -2.28. The molecule has 2 aromatic carbocycles. The number of carbonyl (C=O) groups excluding carboxylic acids is 1. The third-order valence-electron chi connectivity index (χ3n) is 4.44. The van der Waals surface area contributed by atoms with Crippen molar-refractivity contribution in [1.82, 2.24) is 0 Å². The predicted molar refractivity (Wildman–Crippen MR) is 108 cm³/mol. The SMILES string of the molecule is CCCC=Cc1ccc(C(=O)Nc2ccc(N3CCOCC3)cc2)cc1. The molecule has 26 heavy (non-hydrogen) atoms. The number of amides is 1. The van der Waals surface area contributed by atoms with E-state index in [4.69, 9.17) is 4.74 Å². The van der Waals surface area contributed by atoms with Gasteiger partial charge < -0.3 is 15.0 Å².